The predicted octanol–water partition coefficient (Wildman–Crippen LogP) is 1.44. The molecule has 8 heteroatoms. The van der Waals surface area contributed by atoms with Crippen LogP contribution in [0.1, 0.15) is 17.0 Å². The highest BCUT2D eigenvalue weighted by Gasteiger charge is 2.28. The van der Waals surface area contributed by atoms with Gasteiger partial charge in [-0.2, -0.15) is 0 Å². The molecule has 1 fully saturated rings. The Morgan fingerprint density at radius 3 is 3.09 bits per heavy atom. The fraction of sp³-hybridized carbons (Fsp3) is 0.357. The van der Waals surface area contributed by atoms with Crippen LogP contribution in [0.3, 0.4) is 0 Å². The Kier molecular flexibility index (Phi) is 4.68. The van der Waals surface area contributed by atoms with Gasteiger partial charge in [-0.05, 0) is 24.1 Å². The maximum atomic E-state index is 12.0. The molecule has 1 aromatic heterocycles. The van der Waals surface area contributed by atoms with E-state index < -0.39 is 6.10 Å². The van der Waals surface area contributed by atoms with Crippen molar-refractivity contribution in [3.05, 3.63) is 39.9 Å². The van der Waals surface area contributed by atoms with E-state index in [4.69, 9.17) is 11.6 Å². The molecule has 2 heterocycles. The van der Waals surface area contributed by atoms with Crippen LogP contribution < -0.4 is 10.6 Å². The third kappa shape index (κ3) is 3.80. The van der Waals surface area contributed by atoms with Crippen LogP contribution in [0.5, 0.6) is 0 Å². The van der Waals surface area contributed by atoms with E-state index in [0.717, 1.165) is 10.6 Å². The van der Waals surface area contributed by atoms with Crippen molar-refractivity contribution in [2.45, 2.75) is 25.0 Å². The van der Waals surface area contributed by atoms with Gasteiger partial charge in [-0.25, -0.2) is 0 Å². The van der Waals surface area contributed by atoms with Gasteiger partial charge in [0.05, 0.1) is 12.1 Å². The number of aliphatic hydroxyl groups excluding tert-OH is 1. The van der Waals surface area contributed by atoms with Crippen molar-refractivity contribution in [2.24, 2.45) is 0 Å². The van der Waals surface area contributed by atoms with Gasteiger partial charge in [-0.1, -0.05) is 35.1 Å². The van der Waals surface area contributed by atoms with Crippen LogP contribution in [0.2, 0.25) is 5.02 Å². The van der Waals surface area contributed by atoms with Gasteiger partial charge in [0.15, 0.2) is 0 Å². The Bertz CT molecular complexity index is 678. The van der Waals surface area contributed by atoms with Gasteiger partial charge < -0.3 is 10.4 Å². The molecule has 1 aromatic carbocycles. The number of rotatable bonds is 4. The summed E-state index contributed by atoms with van der Waals surface area (Å²) >= 11 is 7.29. The van der Waals surface area contributed by atoms with Gasteiger partial charge in [-0.3, -0.25) is 10.1 Å². The van der Waals surface area contributed by atoms with Crippen molar-refractivity contribution in [1.29, 1.82) is 0 Å². The molecule has 1 aliphatic rings. The monoisotopic (exact) mass is 338 g/mol. The quantitative estimate of drug-likeness (QED) is 0.785. The maximum absolute atomic E-state index is 12.0. The lowest BCUT2D eigenvalue weighted by molar-refractivity contribution is -0.117. The smallest absolute Gasteiger partial charge is 0.243 e. The number of aliphatic hydroxyl groups is 1. The molecule has 1 saturated heterocycles. The van der Waals surface area contributed by atoms with Crippen LogP contribution in [0.4, 0.5) is 5.13 Å². The van der Waals surface area contributed by atoms with Crippen molar-refractivity contribution in [2.75, 3.05) is 11.9 Å². The highest BCUT2D eigenvalue weighted by atomic mass is 35.5. The fourth-order valence-corrected chi connectivity index (χ4v) is 3.30. The number of hydrogen-bond acceptors (Lipinski definition) is 6. The zero-order valence-electron chi connectivity index (χ0n) is 11.6. The van der Waals surface area contributed by atoms with Gasteiger partial charge in [0.2, 0.25) is 11.0 Å². The Balaban J connectivity index is 1.60. The number of benzene rings is 1. The van der Waals surface area contributed by atoms with Crippen molar-refractivity contribution in [3.8, 4) is 0 Å². The second-order valence-electron chi connectivity index (χ2n) is 5.15. The average molecular weight is 339 g/mol. The molecule has 1 amide bonds. The molecule has 116 valence electrons. The van der Waals surface area contributed by atoms with Crippen LogP contribution in [0.25, 0.3) is 0 Å². The van der Waals surface area contributed by atoms with E-state index in [-0.39, 0.29) is 11.9 Å². The Labute approximate surface area is 136 Å². The van der Waals surface area contributed by atoms with E-state index in [1.54, 1.807) is 0 Å². The molecule has 0 saturated carbocycles. The number of amides is 1. The first-order valence-electron chi connectivity index (χ1n) is 6.89. The summed E-state index contributed by atoms with van der Waals surface area (Å²) in [7, 11) is 0. The van der Waals surface area contributed by atoms with Crippen LogP contribution in [-0.2, 0) is 11.2 Å². The zero-order chi connectivity index (χ0) is 15.5. The number of carbonyl (C=O) groups excluding carboxylic acids is 1. The Morgan fingerprint density at radius 1 is 1.50 bits per heavy atom. The largest absolute Gasteiger partial charge is 0.392 e. The minimum absolute atomic E-state index is 0.193. The standard InChI is InChI=1S/C14H15ClN4O2S/c15-9-3-1-2-8(4-9)5-12-18-19-14(22-12)17-13(21)11-6-10(20)7-16-11/h1-4,10-11,16,20H,5-7H2,(H,17,19,21). The molecule has 3 N–H and O–H groups in total. The molecule has 2 aromatic rings. The van der Waals surface area contributed by atoms with E-state index in [0.29, 0.717) is 29.5 Å². The van der Waals surface area contributed by atoms with Crippen LogP contribution in [-0.4, -0.2) is 39.9 Å². The summed E-state index contributed by atoms with van der Waals surface area (Å²) in [6.07, 6.45) is 0.567. The number of carbonyl (C=O) groups is 1. The van der Waals surface area contributed by atoms with E-state index >= 15 is 0 Å². The number of nitrogens with one attached hydrogen (secondary N) is 2. The van der Waals surface area contributed by atoms with Gasteiger partial charge in [0, 0.05) is 18.0 Å². The molecular weight excluding hydrogens is 324 g/mol. The number of nitrogens with zero attached hydrogens (tertiary/aromatic N) is 2. The van der Waals surface area contributed by atoms with E-state index in [1.165, 1.54) is 11.3 Å². The second kappa shape index (κ2) is 6.70. The van der Waals surface area contributed by atoms with Crippen LogP contribution in [0.15, 0.2) is 24.3 Å². The molecule has 0 radical (unpaired) electrons. The van der Waals surface area contributed by atoms with Gasteiger partial charge in [-0.15, -0.1) is 10.2 Å². The summed E-state index contributed by atoms with van der Waals surface area (Å²) in [6, 6.07) is 7.17. The first-order valence-corrected chi connectivity index (χ1v) is 8.09. The molecule has 0 bridgehead atoms. The lowest BCUT2D eigenvalue weighted by Crippen LogP contribution is -2.35. The summed E-state index contributed by atoms with van der Waals surface area (Å²) in [5.74, 6) is -0.193. The van der Waals surface area contributed by atoms with Gasteiger partial charge in [0.25, 0.3) is 0 Å². The molecule has 6 nitrogen and oxygen atoms in total. The van der Waals surface area contributed by atoms with Gasteiger partial charge >= 0.3 is 0 Å². The highest BCUT2D eigenvalue weighted by Crippen LogP contribution is 2.21. The summed E-state index contributed by atoms with van der Waals surface area (Å²) in [5, 5.41) is 25.1. The van der Waals surface area contributed by atoms with Crippen molar-refractivity contribution in [1.82, 2.24) is 15.5 Å². The molecular formula is C14H15ClN4O2S. The van der Waals surface area contributed by atoms with E-state index in [9.17, 15) is 9.90 Å². The molecule has 2 atom stereocenters. The number of hydrogen-bond donors (Lipinski definition) is 3. The maximum Gasteiger partial charge on any atom is 0.243 e. The minimum Gasteiger partial charge on any atom is -0.392 e. The lowest BCUT2D eigenvalue weighted by atomic mass is 10.2. The molecule has 22 heavy (non-hydrogen) atoms. The molecule has 0 aliphatic carbocycles. The van der Waals surface area contributed by atoms with Crippen molar-refractivity contribution < 1.29 is 9.90 Å². The molecule has 0 spiro atoms. The number of anilines is 1. The Hall–Kier alpha value is -1.54. The van der Waals surface area contributed by atoms with E-state index in [2.05, 4.69) is 20.8 Å². The lowest BCUT2D eigenvalue weighted by Gasteiger charge is -2.07. The summed E-state index contributed by atoms with van der Waals surface area (Å²) in [4.78, 5) is 12.0. The zero-order valence-corrected chi connectivity index (χ0v) is 13.2. The Morgan fingerprint density at radius 2 is 2.36 bits per heavy atom. The van der Waals surface area contributed by atoms with Crippen LogP contribution in [0, 0.1) is 0 Å². The summed E-state index contributed by atoms with van der Waals surface area (Å²) in [6.45, 7) is 0.439. The summed E-state index contributed by atoms with van der Waals surface area (Å²) < 4.78 is 0. The van der Waals surface area contributed by atoms with Crippen molar-refractivity contribution >= 4 is 34.0 Å². The number of aromatic nitrogens is 2. The predicted molar refractivity (Wildman–Crippen MR) is 85.2 cm³/mol. The SMILES string of the molecule is O=C(Nc1nnc(Cc2cccc(Cl)c2)s1)C1CC(O)CN1. The topological polar surface area (TPSA) is 87.1 Å². The van der Waals surface area contributed by atoms with E-state index in [1.807, 2.05) is 24.3 Å². The third-order valence-electron chi connectivity index (χ3n) is 3.37. The third-order valence-corrected chi connectivity index (χ3v) is 4.44. The number of halogens is 1. The summed E-state index contributed by atoms with van der Waals surface area (Å²) in [5.41, 5.74) is 1.04. The first-order chi connectivity index (χ1) is 10.6. The first kappa shape index (κ1) is 15.4. The van der Waals surface area contributed by atoms with Gasteiger partial charge in [0.1, 0.15) is 5.01 Å². The number of β-amino-alcohol motifs (C(OH)–C–C–N with tert-alkyl or cyclic N) is 1. The normalized spacial score (nSPS) is 21.0. The molecule has 2 unspecified atom stereocenters. The highest BCUT2D eigenvalue weighted by molar-refractivity contribution is 7.15. The van der Waals surface area contributed by atoms with Crippen molar-refractivity contribution in [3.63, 3.8) is 0 Å². The van der Waals surface area contributed by atoms with Crippen LogP contribution >= 0.6 is 22.9 Å². The fourth-order valence-electron chi connectivity index (χ4n) is 2.31. The molecule has 1 aliphatic heterocycles. The average Bonchev–Trinajstić information content (AvgIpc) is 3.08. The molecule has 3 rings (SSSR count). The second-order valence-corrected chi connectivity index (χ2v) is 6.65. The minimum atomic E-state index is -0.469.